The second kappa shape index (κ2) is 13.4. The second-order valence-electron chi connectivity index (χ2n) is 9.60. The lowest BCUT2D eigenvalue weighted by Gasteiger charge is -2.34. The zero-order chi connectivity index (χ0) is 28.6. The molecule has 208 valence electrons. The molecule has 0 aliphatic heterocycles. The van der Waals surface area contributed by atoms with Gasteiger partial charge in [-0.2, -0.15) is 0 Å². The molecular weight excluding hydrogens is 517 g/mol. The molecule has 0 radical (unpaired) electrons. The van der Waals surface area contributed by atoms with Crippen LogP contribution in [0.4, 0.5) is 10.1 Å². The number of amides is 2. The normalized spacial score (nSPS) is 12.0. The van der Waals surface area contributed by atoms with Crippen molar-refractivity contribution < 1.29 is 22.4 Å². The molecule has 0 unspecified atom stereocenters. The number of halogens is 1. The van der Waals surface area contributed by atoms with Crippen molar-refractivity contribution in [1.29, 1.82) is 0 Å². The number of anilines is 1. The maximum atomic E-state index is 14.8. The molecule has 0 saturated carbocycles. The van der Waals surface area contributed by atoms with E-state index in [0.717, 1.165) is 27.3 Å². The number of nitrogens with zero attached hydrogens (tertiary/aromatic N) is 2. The largest absolute Gasteiger partial charge is 0.354 e. The molecular formula is C30H36FN3O4S. The van der Waals surface area contributed by atoms with Crippen molar-refractivity contribution in [3.8, 4) is 0 Å². The summed E-state index contributed by atoms with van der Waals surface area (Å²) in [6.07, 6.45) is 1.91. The van der Waals surface area contributed by atoms with Gasteiger partial charge in [0, 0.05) is 25.1 Å². The third-order valence-corrected chi connectivity index (χ3v) is 7.77. The van der Waals surface area contributed by atoms with Gasteiger partial charge in [0.25, 0.3) is 0 Å². The number of carbonyl (C=O) groups is 2. The van der Waals surface area contributed by atoms with Gasteiger partial charge in [-0.05, 0) is 49.1 Å². The van der Waals surface area contributed by atoms with E-state index >= 15 is 0 Å². The van der Waals surface area contributed by atoms with E-state index in [2.05, 4.69) is 5.32 Å². The lowest BCUT2D eigenvalue weighted by Crippen LogP contribution is -2.53. The van der Waals surface area contributed by atoms with E-state index in [-0.39, 0.29) is 24.4 Å². The van der Waals surface area contributed by atoms with Crippen LogP contribution in [-0.2, 0) is 32.6 Å². The number of carbonyl (C=O) groups excluding carboxylic acids is 2. The van der Waals surface area contributed by atoms with Crippen LogP contribution in [0.2, 0.25) is 0 Å². The van der Waals surface area contributed by atoms with Crippen LogP contribution in [-0.4, -0.2) is 50.5 Å². The molecule has 39 heavy (non-hydrogen) atoms. The molecule has 1 atom stereocenters. The summed E-state index contributed by atoms with van der Waals surface area (Å²) in [6.45, 7) is 5.24. The highest BCUT2D eigenvalue weighted by molar-refractivity contribution is 7.92. The number of hydrogen-bond donors (Lipinski definition) is 1. The van der Waals surface area contributed by atoms with Crippen LogP contribution in [0.25, 0.3) is 0 Å². The topological polar surface area (TPSA) is 86.8 Å². The third kappa shape index (κ3) is 7.89. The minimum absolute atomic E-state index is 0.179. The molecule has 3 aromatic carbocycles. The highest BCUT2D eigenvalue weighted by Crippen LogP contribution is 2.26. The van der Waals surface area contributed by atoms with Crippen LogP contribution in [0.15, 0.2) is 72.8 Å². The van der Waals surface area contributed by atoms with E-state index in [0.29, 0.717) is 18.7 Å². The van der Waals surface area contributed by atoms with Gasteiger partial charge in [-0.15, -0.1) is 0 Å². The summed E-state index contributed by atoms with van der Waals surface area (Å²) in [5.74, 6) is -1.52. The predicted octanol–water partition coefficient (Wildman–Crippen LogP) is 4.37. The fourth-order valence-corrected chi connectivity index (χ4v) is 5.23. The Balaban J connectivity index is 2.08. The summed E-state index contributed by atoms with van der Waals surface area (Å²) in [6, 6.07) is 19.5. The first-order valence-electron chi connectivity index (χ1n) is 12.9. The van der Waals surface area contributed by atoms with Crippen LogP contribution < -0.4 is 9.62 Å². The molecule has 0 bridgehead atoms. The molecule has 0 aromatic heterocycles. The van der Waals surface area contributed by atoms with E-state index < -0.39 is 34.3 Å². The minimum Gasteiger partial charge on any atom is -0.354 e. The van der Waals surface area contributed by atoms with Crippen LogP contribution in [0, 0.1) is 19.7 Å². The molecule has 1 N–H and O–H groups in total. The maximum Gasteiger partial charge on any atom is 0.244 e. The summed E-state index contributed by atoms with van der Waals surface area (Å²) in [7, 11) is -3.87. The SMILES string of the molecule is CCCNC(=O)[C@H](Cc1ccccc1)N(Cc1ccccc1F)C(=O)CN(c1cccc(C)c1C)S(C)(=O)=O. The van der Waals surface area contributed by atoms with Crippen LogP contribution in [0.1, 0.15) is 35.6 Å². The van der Waals surface area contributed by atoms with E-state index in [4.69, 9.17) is 0 Å². The maximum absolute atomic E-state index is 14.8. The molecule has 0 aliphatic carbocycles. The first kappa shape index (κ1) is 29.8. The van der Waals surface area contributed by atoms with Crippen LogP contribution in [0.3, 0.4) is 0 Å². The standard InChI is InChI=1S/C30H36FN3O4S/c1-5-18-32-30(36)28(19-24-13-7-6-8-14-24)33(20-25-15-9-10-16-26(25)31)29(35)21-34(39(4,37)38)27-17-11-12-22(2)23(27)3/h6-17,28H,5,18-21H2,1-4H3,(H,32,36)/t28-/m0/s1. The van der Waals surface area contributed by atoms with Gasteiger partial charge in [0.05, 0.1) is 11.9 Å². The van der Waals surface area contributed by atoms with E-state index in [1.807, 2.05) is 50.2 Å². The van der Waals surface area contributed by atoms with Crippen molar-refractivity contribution in [3.63, 3.8) is 0 Å². The monoisotopic (exact) mass is 553 g/mol. The summed E-state index contributed by atoms with van der Waals surface area (Å²) in [5.41, 5.74) is 3.02. The highest BCUT2D eigenvalue weighted by atomic mass is 32.2. The van der Waals surface area contributed by atoms with Crippen molar-refractivity contribution in [3.05, 3.63) is 101 Å². The van der Waals surface area contributed by atoms with Gasteiger partial charge < -0.3 is 10.2 Å². The second-order valence-corrected chi connectivity index (χ2v) is 11.5. The molecule has 0 spiro atoms. The molecule has 9 heteroatoms. The molecule has 0 saturated heterocycles. The number of rotatable bonds is 12. The summed E-state index contributed by atoms with van der Waals surface area (Å²) in [5, 5.41) is 2.86. The first-order valence-corrected chi connectivity index (χ1v) is 14.8. The Kier molecular flexibility index (Phi) is 10.2. The van der Waals surface area contributed by atoms with Crippen molar-refractivity contribution in [2.24, 2.45) is 0 Å². The fourth-order valence-electron chi connectivity index (χ4n) is 4.33. The van der Waals surface area contributed by atoms with Gasteiger partial charge in [-0.1, -0.05) is 67.6 Å². The lowest BCUT2D eigenvalue weighted by molar-refractivity contribution is -0.140. The van der Waals surface area contributed by atoms with Gasteiger partial charge in [-0.3, -0.25) is 13.9 Å². The summed E-state index contributed by atoms with van der Waals surface area (Å²) < 4.78 is 41.7. The number of sulfonamides is 1. The average molecular weight is 554 g/mol. The van der Waals surface area contributed by atoms with Gasteiger partial charge in [-0.25, -0.2) is 12.8 Å². The Morgan fingerprint density at radius 3 is 2.26 bits per heavy atom. The average Bonchev–Trinajstić information content (AvgIpc) is 2.90. The Labute approximate surface area is 230 Å². The van der Waals surface area contributed by atoms with Crippen LogP contribution in [0.5, 0.6) is 0 Å². The molecule has 0 heterocycles. The molecule has 3 rings (SSSR count). The summed E-state index contributed by atoms with van der Waals surface area (Å²) >= 11 is 0. The number of benzene rings is 3. The van der Waals surface area contributed by atoms with Gasteiger partial charge >= 0.3 is 0 Å². The van der Waals surface area contributed by atoms with Crippen molar-refractivity contribution >= 4 is 27.5 Å². The van der Waals surface area contributed by atoms with Crippen LogP contribution >= 0.6 is 0 Å². The third-order valence-electron chi connectivity index (χ3n) is 6.64. The fraction of sp³-hybridized carbons (Fsp3) is 0.333. The van der Waals surface area contributed by atoms with E-state index in [1.165, 1.54) is 11.0 Å². The predicted molar refractivity (Wildman–Crippen MR) is 152 cm³/mol. The molecule has 3 aromatic rings. The number of hydrogen-bond acceptors (Lipinski definition) is 4. The summed E-state index contributed by atoms with van der Waals surface area (Å²) in [4.78, 5) is 28.8. The molecule has 0 aliphatic rings. The zero-order valence-electron chi connectivity index (χ0n) is 22.9. The lowest BCUT2D eigenvalue weighted by atomic mass is 10.0. The smallest absolute Gasteiger partial charge is 0.244 e. The van der Waals surface area contributed by atoms with Gasteiger partial charge in [0.1, 0.15) is 18.4 Å². The van der Waals surface area contributed by atoms with Crippen molar-refractivity contribution in [2.45, 2.75) is 46.2 Å². The number of nitrogens with one attached hydrogen (secondary N) is 1. The molecule has 2 amide bonds. The molecule has 7 nitrogen and oxygen atoms in total. The van der Waals surface area contributed by atoms with Gasteiger partial charge in [0.2, 0.25) is 21.8 Å². The first-order chi connectivity index (χ1) is 18.5. The Hall–Kier alpha value is -3.72. The van der Waals surface area contributed by atoms with Crippen molar-refractivity contribution in [2.75, 3.05) is 23.7 Å². The zero-order valence-corrected chi connectivity index (χ0v) is 23.7. The van der Waals surface area contributed by atoms with E-state index in [9.17, 15) is 22.4 Å². The quantitative estimate of drug-likeness (QED) is 0.361. The minimum atomic E-state index is -3.87. The Bertz CT molecular complexity index is 1400. The highest BCUT2D eigenvalue weighted by Gasteiger charge is 2.33. The van der Waals surface area contributed by atoms with E-state index in [1.54, 1.807) is 37.3 Å². The Morgan fingerprint density at radius 1 is 0.949 bits per heavy atom. The Morgan fingerprint density at radius 2 is 1.62 bits per heavy atom. The number of aryl methyl sites for hydroxylation is 1. The van der Waals surface area contributed by atoms with Crippen molar-refractivity contribution in [1.82, 2.24) is 10.2 Å². The molecule has 0 fully saturated rings. The van der Waals surface area contributed by atoms with Gasteiger partial charge in [0.15, 0.2) is 0 Å².